The molecule has 104 valence electrons. The number of fused-ring (bicyclic) bond motifs is 1. The number of carbonyl (C=O) groups excluding carboxylic acids is 1. The molecular formula is C16H11N2O3-. The van der Waals surface area contributed by atoms with E-state index in [1.807, 2.05) is 6.07 Å². The van der Waals surface area contributed by atoms with Crippen molar-refractivity contribution in [1.82, 2.24) is 9.55 Å². The summed E-state index contributed by atoms with van der Waals surface area (Å²) in [5.41, 5.74) is 0.590. The minimum atomic E-state index is -1.30. The first-order valence-corrected chi connectivity index (χ1v) is 6.39. The molecule has 2 aromatic heterocycles. The number of aromatic nitrogens is 2. The lowest BCUT2D eigenvalue weighted by atomic mass is 10.1. The van der Waals surface area contributed by atoms with Crippen molar-refractivity contribution in [3.05, 3.63) is 76.5 Å². The summed E-state index contributed by atoms with van der Waals surface area (Å²) >= 11 is 0. The van der Waals surface area contributed by atoms with Crippen molar-refractivity contribution in [3.8, 4) is 0 Å². The molecule has 0 amide bonds. The molecule has 0 N–H and O–H groups in total. The van der Waals surface area contributed by atoms with Crippen LogP contribution in [0.3, 0.4) is 0 Å². The molecule has 5 nitrogen and oxygen atoms in total. The van der Waals surface area contributed by atoms with Crippen LogP contribution in [0.5, 0.6) is 0 Å². The van der Waals surface area contributed by atoms with E-state index in [0.717, 1.165) is 5.56 Å². The van der Waals surface area contributed by atoms with E-state index in [1.165, 1.54) is 10.8 Å². The van der Waals surface area contributed by atoms with E-state index < -0.39 is 5.97 Å². The van der Waals surface area contributed by atoms with Crippen LogP contribution < -0.4 is 10.7 Å². The van der Waals surface area contributed by atoms with Gasteiger partial charge in [-0.1, -0.05) is 24.3 Å². The zero-order chi connectivity index (χ0) is 14.8. The average Bonchev–Trinajstić information content (AvgIpc) is 2.51. The number of rotatable bonds is 3. The number of aromatic carboxylic acids is 1. The van der Waals surface area contributed by atoms with Crippen LogP contribution in [0.1, 0.15) is 15.9 Å². The second-order valence-corrected chi connectivity index (χ2v) is 4.67. The van der Waals surface area contributed by atoms with Gasteiger partial charge in [-0.3, -0.25) is 9.78 Å². The molecule has 21 heavy (non-hydrogen) atoms. The Labute approximate surface area is 120 Å². The number of carboxylic acids is 1. The number of hydrogen-bond acceptors (Lipinski definition) is 4. The second kappa shape index (κ2) is 5.20. The summed E-state index contributed by atoms with van der Waals surface area (Å²) in [6.45, 7) is 0.262. The van der Waals surface area contributed by atoms with E-state index in [9.17, 15) is 14.7 Å². The van der Waals surface area contributed by atoms with E-state index >= 15 is 0 Å². The zero-order valence-electron chi connectivity index (χ0n) is 11.0. The van der Waals surface area contributed by atoms with E-state index in [4.69, 9.17) is 0 Å². The van der Waals surface area contributed by atoms with Gasteiger partial charge in [-0.2, -0.15) is 0 Å². The minimum absolute atomic E-state index is 0.00842. The van der Waals surface area contributed by atoms with Gasteiger partial charge in [-0.05, 0) is 23.1 Å². The Kier molecular flexibility index (Phi) is 3.23. The number of carbonyl (C=O) groups is 1. The molecule has 0 saturated heterocycles. The molecule has 1 aromatic carbocycles. The molecule has 0 aliphatic heterocycles. The van der Waals surface area contributed by atoms with Crippen LogP contribution in [0.25, 0.3) is 10.8 Å². The largest absolute Gasteiger partial charge is 0.545 e. The van der Waals surface area contributed by atoms with Gasteiger partial charge < -0.3 is 14.5 Å². The summed E-state index contributed by atoms with van der Waals surface area (Å²) < 4.78 is 1.37. The highest BCUT2D eigenvalue weighted by atomic mass is 16.4. The van der Waals surface area contributed by atoms with Crippen molar-refractivity contribution in [2.45, 2.75) is 6.54 Å². The molecule has 5 heteroatoms. The number of hydrogen-bond donors (Lipinski definition) is 0. The quantitative estimate of drug-likeness (QED) is 0.711. The third-order valence-electron chi connectivity index (χ3n) is 3.29. The van der Waals surface area contributed by atoms with Crippen molar-refractivity contribution < 1.29 is 9.90 Å². The van der Waals surface area contributed by atoms with Crippen molar-refractivity contribution in [2.75, 3.05) is 0 Å². The fourth-order valence-corrected chi connectivity index (χ4v) is 2.31. The summed E-state index contributed by atoms with van der Waals surface area (Å²) in [7, 11) is 0. The first-order valence-electron chi connectivity index (χ1n) is 6.39. The molecule has 3 aromatic rings. The van der Waals surface area contributed by atoms with Crippen LogP contribution in [0.15, 0.2) is 59.8 Å². The summed E-state index contributed by atoms with van der Waals surface area (Å²) in [5.74, 6) is -1.30. The molecule has 0 atom stereocenters. The van der Waals surface area contributed by atoms with Gasteiger partial charge in [0.2, 0.25) is 0 Å². The maximum absolute atomic E-state index is 12.4. The normalized spacial score (nSPS) is 10.7. The molecule has 0 fully saturated rings. The third kappa shape index (κ3) is 2.41. The summed E-state index contributed by atoms with van der Waals surface area (Å²) in [5, 5.41) is 12.0. The summed E-state index contributed by atoms with van der Waals surface area (Å²) in [6, 6.07) is 10.2. The second-order valence-electron chi connectivity index (χ2n) is 4.67. The fourth-order valence-electron chi connectivity index (χ4n) is 2.31. The summed E-state index contributed by atoms with van der Waals surface area (Å²) in [4.78, 5) is 27.7. The Bertz CT molecular complexity index is 870. The van der Waals surface area contributed by atoms with Gasteiger partial charge in [0.25, 0.3) is 5.56 Å². The SMILES string of the molecule is O=C([O-])c1cn(Cc2cccnc2)c(=O)c2ccccc12. The van der Waals surface area contributed by atoms with E-state index in [1.54, 1.807) is 42.7 Å². The van der Waals surface area contributed by atoms with Crippen LogP contribution in [-0.2, 0) is 6.54 Å². The van der Waals surface area contributed by atoms with Crippen molar-refractivity contribution in [2.24, 2.45) is 0 Å². The van der Waals surface area contributed by atoms with E-state index in [-0.39, 0.29) is 17.7 Å². The van der Waals surface area contributed by atoms with Gasteiger partial charge >= 0.3 is 0 Å². The maximum Gasteiger partial charge on any atom is 0.258 e. The van der Waals surface area contributed by atoms with Gasteiger partial charge in [0.05, 0.1) is 12.5 Å². The van der Waals surface area contributed by atoms with Crippen LogP contribution in [0.2, 0.25) is 0 Å². The highest BCUT2D eigenvalue weighted by Crippen LogP contribution is 2.15. The zero-order valence-corrected chi connectivity index (χ0v) is 11.0. The van der Waals surface area contributed by atoms with Crippen LogP contribution in [0.4, 0.5) is 0 Å². The molecule has 0 spiro atoms. The smallest absolute Gasteiger partial charge is 0.258 e. The Morgan fingerprint density at radius 3 is 2.57 bits per heavy atom. The Balaban J connectivity index is 2.22. The highest BCUT2D eigenvalue weighted by Gasteiger charge is 2.09. The van der Waals surface area contributed by atoms with Gasteiger partial charge in [0, 0.05) is 29.5 Å². The van der Waals surface area contributed by atoms with Gasteiger partial charge in [-0.25, -0.2) is 0 Å². The Morgan fingerprint density at radius 1 is 1.14 bits per heavy atom. The minimum Gasteiger partial charge on any atom is -0.545 e. The molecule has 0 radical (unpaired) electrons. The Morgan fingerprint density at radius 2 is 1.90 bits per heavy atom. The molecular weight excluding hydrogens is 268 g/mol. The molecule has 0 aliphatic rings. The lowest BCUT2D eigenvalue weighted by Gasteiger charge is -2.12. The van der Waals surface area contributed by atoms with Crippen LogP contribution in [0, 0.1) is 0 Å². The van der Waals surface area contributed by atoms with Crippen LogP contribution in [-0.4, -0.2) is 15.5 Å². The molecule has 0 saturated carbocycles. The Hall–Kier alpha value is -2.95. The van der Waals surface area contributed by atoms with Gasteiger partial charge in [0.15, 0.2) is 0 Å². The average molecular weight is 279 g/mol. The topological polar surface area (TPSA) is 75.0 Å². The molecule has 0 bridgehead atoms. The van der Waals surface area contributed by atoms with Gasteiger partial charge in [0.1, 0.15) is 0 Å². The highest BCUT2D eigenvalue weighted by molar-refractivity contribution is 6.02. The maximum atomic E-state index is 12.4. The molecule has 0 unspecified atom stereocenters. The number of pyridine rings is 2. The van der Waals surface area contributed by atoms with Crippen molar-refractivity contribution >= 4 is 16.7 Å². The first-order chi connectivity index (χ1) is 10.2. The van der Waals surface area contributed by atoms with Gasteiger partial charge in [-0.15, -0.1) is 0 Å². The van der Waals surface area contributed by atoms with Crippen molar-refractivity contribution in [1.29, 1.82) is 0 Å². The molecule has 0 aliphatic carbocycles. The lowest BCUT2D eigenvalue weighted by molar-refractivity contribution is -0.254. The molecule has 2 heterocycles. The molecule has 3 rings (SSSR count). The monoisotopic (exact) mass is 279 g/mol. The van der Waals surface area contributed by atoms with Crippen LogP contribution >= 0.6 is 0 Å². The number of nitrogens with zero attached hydrogens (tertiary/aromatic N) is 2. The van der Waals surface area contributed by atoms with E-state index in [0.29, 0.717) is 10.8 Å². The fraction of sp³-hybridized carbons (Fsp3) is 0.0625. The predicted octanol–water partition coefficient (Wildman–Crippen LogP) is 0.808. The summed E-state index contributed by atoms with van der Waals surface area (Å²) in [6.07, 6.45) is 4.60. The first kappa shape index (κ1) is 13.1. The lowest BCUT2D eigenvalue weighted by Crippen LogP contribution is -2.28. The number of carboxylic acid groups (broad SMARTS) is 1. The third-order valence-corrected chi connectivity index (χ3v) is 3.29. The number of benzene rings is 1. The predicted molar refractivity (Wildman–Crippen MR) is 75.9 cm³/mol. The standard InChI is InChI=1S/C16H12N2O3/c19-15-13-6-2-1-5-12(13)14(16(20)21)10-18(15)9-11-4-3-7-17-8-11/h1-8,10H,9H2,(H,20,21)/p-1. The van der Waals surface area contributed by atoms with E-state index in [2.05, 4.69) is 4.98 Å². The van der Waals surface area contributed by atoms with Crippen molar-refractivity contribution in [3.63, 3.8) is 0 Å².